The molecule has 4 nitrogen and oxygen atoms in total. The average molecular weight is 287 g/mol. The average Bonchev–Trinajstić information content (AvgIpc) is 2.56. The molecule has 1 amide bonds. The summed E-state index contributed by atoms with van der Waals surface area (Å²) in [6, 6.07) is 2.88. The third kappa shape index (κ3) is 2.49. The van der Waals surface area contributed by atoms with E-state index in [4.69, 9.17) is 17.3 Å². The summed E-state index contributed by atoms with van der Waals surface area (Å²) in [6.45, 7) is 3.65. The summed E-state index contributed by atoms with van der Waals surface area (Å²) in [5.74, 6) is -0.216. The highest BCUT2D eigenvalue weighted by Crippen LogP contribution is 2.39. The summed E-state index contributed by atoms with van der Waals surface area (Å²) in [5, 5.41) is 12.8. The van der Waals surface area contributed by atoms with Gasteiger partial charge in [-0.1, -0.05) is 18.5 Å². The van der Waals surface area contributed by atoms with Crippen LogP contribution in [0.3, 0.4) is 0 Å². The number of fused-ring (bicyclic) bond motifs is 1. The van der Waals surface area contributed by atoms with Crippen LogP contribution in [-0.4, -0.2) is 22.4 Å². The first kappa shape index (κ1) is 13.7. The summed E-state index contributed by atoms with van der Waals surface area (Å²) < 4.78 is 0. The van der Waals surface area contributed by atoms with E-state index in [0.717, 1.165) is 10.5 Å². The smallest absolute Gasteiger partial charge is 0.245 e. The minimum atomic E-state index is -0.647. The van der Waals surface area contributed by atoms with Crippen LogP contribution in [0.2, 0.25) is 5.02 Å². The molecular weight excluding hydrogens is 272 g/mol. The van der Waals surface area contributed by atoms with E-state index in [-0.39, 0.29) is 11.2 Å². The molecular formula is C12H15ClN2O2S. The summed E-state index contributed by atoms with van der Waals surface area (Å²) in [4.78, 5) is 12.3. The predicted octanol–water partition coefficient (Wildman–Crippen LogP) is 2.15. The molecule has 0 radical (unpaired) electrons. The maximum Gasteiger partial charge on any atom is 0.245 e. The molecule has 0 fully saturated rings. The van der Waals surface area contributed by atoms with Gasteiger partial charge in [0.25, 0.3) is 0 Å². The van der Waals surface area contributed by atoms with Crippen LogP contribution in [0.4, 0.5) is 5.69 Å². The zero-order valence-corrected chi connectivity index (χ0v) is 11.7. The molecule has 3 atom stereocenters. The molecule has 0 bridgehead atoms. The fourth-order valence-electron chi connectivity index (χ4n) is 1.68. The van der Waals surface area contributed by atoms with Gasteiger partial charge < -0.3 is 16.2 Å². The van der Waals surface area contributed by atoms with Crippen molar-refractivity contribution >= 4 is 35.0 Å². The first-order valence-corrected chi connectivity index (χ1v) is 6.90. The summed E-state index contributed by atoms with van der Waals surface area (Å²) >= 11 is 7.65. The number of carbonyl (C=O) groups excluding carboxylic acids is 1. The van der Waals surface area contributed by atoms with Crippen LogP contribution in [0.5, 0.6) is 0 Å². The SMILES string of the molecule is CC(O)C(C)Sc1cc2c(cc1Cl)C(N)C(=O)N2. The molecule has 1 aliphatic heterocycles. The highest BCUT2D eigenvalue weighted by molar-refractivity contribution is 8.00. The highest BCUT2D eigenvalue weighted by atomic mass is 35.5. The molecule has 6 heteroatoms. The van der Waals surface area contributed by atoms with Crippen LogP contribution in [0, 0.1) is 0 Å². The molecule has 2 rings (SSSR count). The molecule has 0 saturated carbocycles. The fourth-order valence-corrected chi connectivity index (χ4v) is 2.94. The van der Waals surface area contributed by atoms with E-state index in [1.807, 2.05) is 13.0 Å². The highest BCUT2D eigenvalue weighted by Gasteiger charge is 2.28. The van der Waals surface area contributed by atoms with Crippen LogP contribution in [0.25, 0.3) is 0 Å². The Bertz CT molecular complexity index is 493. The van der Waals surface area contributed by atoms with Crippen molar-refractivity contribution in [2.45, 2.75) is 36.1 Å². The maximum atomic E-state index is 11.5. The Balaban J connectivity index is 2.30. The number of benzene rings is 1. The van der Waals surface area contributed by atoms with Crippen molar-refractivity contribution in [3.8, 4) is 0 Å². The Morgan fingerprint density at radius 2 is 2.17 bits per heavy atom. The van der Waals surface area contributed by atoms with E-state index in [1.165, 1.54) is 11.8 Å². The summed E-state index contributed by atoms with van der Waals surface area (Å²) in [5.41, 5.74) is 7.17. The molecule has 1 aromatic rings. The zero-order valence-electron chi connectivity index (χ0n) is 10.1. The van der Waals surface area contributed by atoms with Crippen molar-refractivity contribution in [2.75, 3.05) is 5.32 Å². The quantitative estimate of drug-likeness (QED) is 0.744. The van der Waals surface area contributed by atoms with Gasteiger partial charge in [-0.3, -0.25) is 4.79 Å². The van der Waals surface area contributed by atoms with E-state index in [0.29, 0.717) is 10.7 Å². The molecule has 0 aromatic heterocycles. The molecule has 0 saturated heterocycles. The third-order valence-electron chi connectivity index (χ3n) is 2.97. The van der Waals surface area contributed by atoms with Crippen molar-refractivity contribution in [3.05, 3.63) is 22.7 Å². The van der Waals surface area contributed by atoms with Crippen LogP contribution in [-0.2, 0) is 4.79 Å². The van der Waals surface area contributed by atoms with Gasteiger partial charge in [0.2, 0.25) is 5.91 Å². The minimum Gasteiger partial charge on any atom is -0.392 e. The van der Waals surface area contributed by atoms with Gasteiger partial charge >= 0.3 is 0 Å². The number of amides is 1. The van der Waals surface area contributed by atoms with Crippen molar-refractivity contribution < 1.29 is 9.90 Å². The number of aliphatic hydroxyl groups is 1. The van der Waals surface area contributed by atoms with Crippen LogP contribution in [0.1, 0.15) is 25.5 Å². The summed E-state index contributed by atoms with van der Waals surface area (Å²) in [7, 11) is 0. The standard InChI is InChI=1S/C12H15ClN2O2S/c1-5(16)6(2)18-10-4-9-7(3-8(10)13)11(14)12(17)15-9/h3-6,11,16H,14H2,1-2H3,(H,15,17). The van der Waals surface area contributed by atoms with Crippen molar-refractivity contribution in [2.24, 2.45) is 5.73 Å². The van der Waals surface area contributed by atoms with Crippen molar-refractivity contribution in [3.63, 3.8) is 0 Å². The van der Waals surface area contributed by atoms with E-state index in [2.05, 4.69) is 5.32 Å². The maximum absolute atomic E-state index is 11.5. The van der Waals surface area contributed by atoms with Gasteiger partial charge in [0.05, 0.1) is 11.1 Å². The van der Waals surface area contributed by atoms with Crippen LogP contribution >= 0.6 is 23.4 Å². The van der Waals surface area contributed by atoms with E-state index in [1.54, 1.807) is 13.0 Å². The van der Waals surface area contributed by atoms with Crippen molar-refractivity contribution in [1.82, 2.24) is 0 Å². The Kier molecular flexibility index (Phi) is 3.87. The Labute approximate surface area is 115 Å². The lowest BCUT2D eigenvalue weighted by Gasteiger charge is -2.16. The number of thioether (sulfide) groups is 1. The second-order valence-electron chi connectivity index (χ2n) is 4.40. The first-order valence-electron chi connectivity index (χ1n) is 5.64. The predicted molar refractivity (Wildman–Crippen MR) is 74.0 cm³/mol. The number of anilines is 1. The number of nitrogens with one attached hydrogen (secondary N) is 1. The molecule has 0 spiro atoms. The zero-order chi connectivity index (χ0) is 13.4. The topological polar surface area (TPSA) is 75.3 Å². The Morgan fingerprint density at radius 3 is 2.78 bits per heavy atom. The van der Waals surface area contributed by atoms with Gasteiger partial charge in [-0.2, -0.15) is 0 Å². The second kappa shape index (κ2) is 5.09. The number of hydrogen-bond donors (Lipinski definition) is 3. The number of carbonyl (C=O) groups is 1. The molecule has 4 N–H and O–H groups in total. The van der Waals surface area contributed by atoms with E-state index < -0.39 is 12.1 Å². The Hall–Kier alpha value is -0.750. The minimum absolute atomic E-state index is 0.0197. The fraction of sp³-hybridized carbons (Fsp3) is 0.417. The van der Waals surface area contributed by atoms with Crippen LogP contribution < -0.4 is 11.1 Å². The first-order chi connectivity index (χ1) is 8.40. The van der Waals surface area contributed by atoms with Gasteiger partial charge in [0.15, 0.2) is 0 Å². The molecule has 98 valence electrons. The van der Waals surface area contributed by atoms with E-state index in [9.17, 15) is 9.90 Å². The van der Waals surface area contributed by atoms with E-state index >= 15 is 0 Å². The largest absolute Gasteiger partial charge is 0.392 e. The molecule has 1 aromatic carbocycles. The van der Waals surface area contributed by atoms with Crippen LogP contribution in [0.15, 0.2) is 17.0 Å². The van der Waals surface area contributed by atoms with Gasteiger partial charge in [0.1, 0.15) is 6.04 Å². The van der Waals surface area contributed by atoms with Gasteiger partial charge in [-0.25, -0.2) is 0 Å². The summed E-state index contributed by atoms with van der Waals surface area (Å²) in [6.07, 6.45) is -0.434. The molecule has 18 heavy (non-hydrogen) atoms. The number of nitrogens with two attached hydrogens (primary N) is 1. The molecule has 0 aliphatic carbocycles. The Morgan fingerprint density at radius 1 is 1.50 bits per heavy atom. The number of rotatable bonds is 3. The number of aliphatic hydroxyl groups excluding tert-OH is 1. The molecule has 1 heterocycles. The second-order valence-corrected chi connectivity index (χ2v) is 6.23. The van der Waals surface area contributed by atoms with Gasteiger partial charge in [-0.05, 0) is 19.1 Å². The lowest BCUT2D eigenvalue weighted by atomic mass is 10.1. The number of halogens is 1. The van der Waals surface area contributed by atoms with Crippen molar-refractivity contribution in [1.29, 1.82) is 0 Å². The van der Waals surface area contributed by atoms with Gasteiger partial charge in [-0.15, -0.1) is 11.8 Å². The lowest BCUT2D eigenvalue weighted by Crippen LogP contribution is -2.19. The van der Waals surface area contributed by atoms with Gasteiger partial charge in [0, 0.05) is 21.4 Å². The number of hydrogen-bond acceptors (Lipinski definition) is 4. The molecule has 3 unspecified atom stereocenters. The normalized spacial score (nSPS) is 21.4. The molecule has 1 aliphatic rings. The third-order valence-corrected chi connectivity index (χ3v) is 4.75. The lowest BCUT2D eigenvalue weighted by molar-refractivity contribution is -0.116. The monoisotopic (exact) mass is 286 g/mol.